The van der Waals surface area contributed by atoms with Gasteiger partial charge in [-0.3, -0.25) is 4.79 Å². The third kappa shape index (κ3) is 2.70. The summed E-state index contributed by atoms with van der Waals surface area (Å²) in [5.41, 5.74) is 5.88. The second-order valence-corrected chi connectivity index (χ2v) is 4.53. The van der Waals surface area contributed by atoms with E-state index in [4.69, 9.17) is 11.0 Å². The Kier molecular flexibility index (Phi) is 4.17. The average molecular weight is 285 g/mol. The Morgan fingerprint density at radius 2 is 2.15 bits per heavy atom. The number of anilines is 1. The van der Waals surface area contributed by atoms with E-state index in [1.165, 1.54) is 18.0 Å². The predicted molar refractivity (Wildman–Crippen MR) is 78.8 cm³/mol. The number of aromatic nitrogens is 2. The summed E-state index contributed by atoms with van der Waals surface area (Å²) in [5, 5.41) is 13.3. The number of rotatable bonds is 3. The maximum Gasteiger partial charge on any atom is 0.294 e. The lowest BCUT2D eigenvalue weighted by atomic mass is 10.2. The molecule has 2 N–H and O–H groups in total. The maximum absolute atomic E-state index is 12.1. The first-order valence-electron chi connectivity index (χ1n) is 5.63. The normalized spacial score (nSPS) is 10.6. The zero-order valence-corrected chi connectivity index (χ0v) is 11.5. The summed E-state index contributed by atoms with van der Waals surface area (Å²) in [4.78, 5) is 16.1. The Balaban J connectivity index is 2.51. The lowest BCUT2D eigenvalue weighted by molar-refractivity contribution is 0.789. The molecule has 0 bridgehead atoms. The highest BCUT2D eigenvalue weighted by Gasteiger charge is 2.13. The minimum Gasteiger partial charge on any atom is -0.368 e. The number of nitrogen functional groups attached to an aromatic ring is 1. The number of hydrogen-bond donors (Lipinski definition) is 1. The predicted octanol–water partition coefficient (Wildman–Crippen LogP) is 1.30. The highest BCUT2D eigenvalue weighted by atomic mass is 32.2. The fourth-order valence-electron chi connectivity index (χ4n) is 1.53. The van der Waals surface area contributed by atoms with E-state index in [1.54, 1.807) is 6.26 Å². The first kappa shape index (κ1) is 13.8. The van der Waals surface area contributed by atoms with Gasteiger partial charge < -0.3 is 5.73 Å². The second-order valence-electron chi connectivity index (χ2n) is 3.74. The van der Waals surface area contributed by atoms with Gasteiger partial charge in [0.15, 0.2) is 5.56 Å². The molecule has 1 heterocycles. The van der Waals surface area contributed by atoms with Crippen molar-refractivity contribution in [3.05, 3.63) is 51.8 Å². The Hall–Kier alpha value is -2.59. The number of nitriles is 1. The Bertz CT molecular complexity index is 746. The lowest BCUT2D eigenvalue weighted by Crippen LogP contribution is -2.24. The van der Waals surface area contributed by atoms with Gasteiger partial charge in [0.05, 0.1) is 6.21 Å². The van der Waals surface area contributed by atoms with Gasteiger partial charge in [-0.1, -0.05) is 30.3 Å². The maximum atomic E-state index is 12.1. The van der Waals surface area contributed by atoms with Gasteiger partial charge in [-0.05, 0) is 11.8 Å². The summed E-state index contributed by atoms with van der Waals surface area (Å²) in [7, 11) is 0. The molecule has 0 saturated heterocycles. The van der Waals surface area contributed by atoms with E-state index in [2.05, 4.69) is 10.1 Å². The van der Waals surface area contributed by atoms with Crippen LogP contribution in [0.3, 0.4) is 0 Å². The molecule has 7 heteroatoms. The van der Waals surface area contributed by atoms with Crippen LogP contribution >= 0.6 is 11.8 Å². The van der Waals surface area contributed by atoms with Crippen LogP contribution in [0, 0.1) is 11.3 Å². The molecule has 0 radical (unpaired) electrons. The van der Waals surface area contributed by atoms with E-state index >= 15 is 0 Å². The van der Waals surface area contributed by atoms with Crippen LogP contribution in [0.4, 0.5) is 5.95 Å². The number of thioether (sulfide) groups is 1. The molecule has 0 saturated carbocycles. The first-order valence-corrected chi connectivity index (χ1v) is 6.86. The molecule has 0 aliphatic rings. The minimum atomic E-state index is -0.573. The number of nitrogens with zero attached hydrogens (tertiary/aromatic N) is 4. The van der Waals surface area contributed by atoms with Crippen molar-refractivity contribution in [3.63, 3.8) is 0 Å². The Morgan fingerprint density at radius 1 is 1.45 bits per heavy atom. The van der Waals surface area contributed by atoms with Crippen molar-refractivity contribution in [1.29, 1.82) is 5.26 Å². The number of benzene rings is 1. The van der Waals surface area contributed by atoms with E-state index in [-0.39, 0.29) is 11.5 Å². The fraction of sp³-hybridized carbons (Fsp3) is 0.0769. The van der Waals surface area contributed by atoms with Crippen molar-refractivity contribution < 1.29 is 0 Å². The van der Waals surface area contributed by atoms with Gasteiger partial charge in [0, 0.05) is 0 Å². The summed E-state index contributed by atoms with van der Waals surface area (Å²) in [6.45, 7) is 0. The van der Waals surface area contributed by atoms with Crippen LogP contribution in [-0.2, 0) is 0 Å². The Morgan fingerprint density at radius 3 is 2.75 bits per heavy atom. The van der Waals surface area contributed by atoms with Crippen LogP contribution in [0.2, 0.25) is 0 Å². The van der Waals surface area contributed by atoms with E-state index in [0.717, 1.165) is 10.2 Å². The van der Waals surface area contributed by atoms with Crippen molar-refractivity contribution in [2.75, 3.05) is 12.0 Å². The third-order valence-electron chi connectivity index (χ3n) is 2.48. The summed E-state index contributed by atoms with van der Waals surface area (Å²) < 4.78 is 0.922. The van der Waals surface area contributed by atoms with Gasteiger partial charge in [0.1, 0.15) is 11.1 Å². The molecule has 2 aromatic rings. The standard InChI is InChI=1S/C13H11N5OS/c1-20-11-10(7-14)12(19)18(13(15)17-11)16-8-9-5-3-2-4-6-9/h2-6,8H,1H3,(H2,15,17)/b16-8+. The topological polar surface area (TPSA) is 97.1 Å². The zero-order valence-electron chi connectivity index (χ0n) is 10.6. The summed E-state index contributed by atoms with van der Waals surface area (Å²) in [6.07, 6.45) is 3.21. The molecule has 2 rings (SSSR count). The molecule has 0 spiro atoms. The average Bonchev–Trinajstić information content (AvgIpc) is 2.47. The fourth-order valence-corrected chi connectivity index (χ4v) is 2.05. The van der Waals surface area contributed by atoms with E-state index in [1.807, 2.05) is 36.4 Å². The molecule has 0 aliphatic heterocycles. The van der Waals surface area contributed by atoms with Crippen molar-refractivity contribution in [2.45, 2.75) is 5.03 Å². The molecule has 6 nitrogen and oxygen atoms in total. The highest BCUT2D eigenvalue weighted by Crippen LogP contribution is 2.15. The zero-order chi connectivity index (χ0) is 14.5. The van der Waals surface area contributed by atoms with Crippen LogP contribution in [0.1, 0.15) is 11.1 Å². The minimum absolute atomic E-state index is 0.0504. The number of hydrogen-bond acceptors (Lipinski definition) is 6. The highest BCUT2D eigenvalue weighted by molar-refractivity contribution is 7.98. The van der Waals surface area contributed by atoms with Crippen LogP contribution in [0.25, 0.3) is 0 Å². The number of nitrogens with two attached hydrogens (primary N) is 1. The molecule has 0 amide bonds. The molecule has 1 aromatic heterocycles. The quantitative estimate of drug-likeness (QED) is 0.521. The van der Waals surface area contributed by atoms with Crippen molar-refractivity contribution in [2.24, 2.45) is 5.10 Å². The van der Waals surface area contributed by atoms with Crippen molar-refractivity contribution in [1.82, 2.24) is 9.66 Å². The summed E-state index contributed by atoms with van der Waals surface area (Å²) in [6, 6.07) is 11.1. The lowest BCUT2D eigenvalue weighted by Gasteiger charge is -2.05. The molecule has 0 atom stereocenters. The Labute approximate surface area is 119 Å². The van der Waals surface area contributed by atoms with Gasteiger partial charge >= 0.3 is 0 Å². The molecule has 0 unspecified atom stereocenters. The van der Waals surface area contributed by atoms with Gasteiger partial charge in [-0.25, -0.2) is 4.98 Å². The monoisotopic (exact) mass is 285 g/mol. The van der Waals surface area contributed by atoms with Crippen LogP contribution in [0.15, 0.2) is 45.3 Å². The van der Waals surface area contributed by atoms with Gasteiger partial charge in [-0.15, -0.1) is 11.8 Å². The van der Waals surface area contributed by atoms with E-state index in [0.29, 0.717) is 5.03 Å². The second kappa shape index (κ2) is 6.04. The third-order valence-corrected chi connectivity index (χ3v) is 3.16. The van der Waals surface area contributed by atoms with Crippen molar-refractivity contribution >= 4 is 23.9 Å². The van der Waals surface area contributed by atoms with E-state index < -0.39 is 5.56 Å². The largest absolute Gasteiger partial charge is 0.368 e. The van der Waals surface area contributed by atoms with E-state index in [9.17, 15) is 4.79 Å². The van der Waals surface area contributed by atoms with Crippen LogP contribution in [-0.4, -0.2) is 22.1 Å². The molecule has 0 fully saturated rings. The van der Waals surface area contributed by atoms with Gasteiger partial charge in [-0.2, -0.15) is 15.0 Å². The summed E-state index contributed by atoms with van der Waals surface area (Å²) in [5.74, 6) is -0.0504. The van der Waals surface area contributed by atoms with Gasteiger partial charge in [0.25, 0.3) is 5.56 Å². The van der Waals surface area contributed by atoms with Crippen molar-refractivity contribution in [3.8, 4) is 6.07 Å². The molecule has 0 aliphatic carbocycles. The van der Waals surface area contributed by atoms with Crippen LogP contribution < -0.4 is 11.3 Å². The molecule has 100 valence electrons. The van der Waals surface area contributed by atoms with Gasteiger partial charge in [0.2, 0.25) is 5.95 Å². The molecule has 20 heavy (non-hydrogen) atoms. The molecule has 1 aromatic carbocycles. The molecular weight excluding hydrogens is 274 g/mol. The first-order chi connectivity index (χ1) is 9.67. The molecular formula is C13H11N5OS. The SMILES string of the molecule is CSc1nc(N)n(/N=C/c2ccccc2)c(=O)c1C#N. The summed E-state index contributed by atoms with van der Waals surface area (Å²) >= 11 is 1.19. The van der Waals surface area contributed by atoms with Crippen LogP contribution in [0.5, 0.6) is 0 Å². The smallest absolute Gasteiger partial charge is 0.294 e.